The number of ketones is 1. The third-order valence-electron chi connectivity index (χ3n) is 7.35. The van der Waals surface area contributed by atoms with Gasteiger partial charge in [-0.1, -0.05) is 54.6 Å². The largest absolute Gasteiger partial charge is 0.476 e. The van der Waals surface area contributed by atoms with Gasteiger partial charge in [-0.2, -0.15) is 0 Å². The molecule has 6 heteroatoms. The van der Waals surface area contributed by atoms with Crippen LogP contribution in [0.5, 0.6) is 5.75 Å². The summed E-state index contributed by atoms with van der Waals surface area (Å²) in [6.07, 6.45) is 2.84. The highest BCUT2D eigenvalue weighted by atomic mass is 32.2. The zero-order valence-electron chi connectivity index (χ0n) is 23.6. The first-order valence-electron chi connectivity index (χ1n) is 13.6. The van der Waals surface area contributed by atoms with Crippen molar-refractivity contribution >= 4 is 23.5 Å². The molecule has 1 aliphatic rings. The summed E-state index contributed by atoms with van der Waals surface area (Å²) >= 11 is 1.68. The lowest BCUT2D eigenvalue weighted by Gasteiger charge is -2.25. The summed E-state index contributed by atoms with van der Waals surface area (Å²) in [6, 6.07) is 24.5. The lowest BCUT2D eigenvalue weighted by molar-refractivity contribution is -0.158. The maximum Gasteiger partial charge on any atom is 0.349 e. The summed E-state index contributed by atoms with van der Waals surface area (Å²) < 4.78 is 11.2. The van der Waals surface area contributed by atoms with Crippen molar-refractivity contribution in [2.45, 2.75) is 51.2 Å². The van der Waals surface area contributed by atoms with Crippen molar-refractivity contribution in [3.8, 4) is 5.75 Å². The standard InChI is InChI=1S/C33H39NO4S/c1-6-37-32(36)33(3,4)38-30-17-12-25(18-23(30)2)19-27-21-34(20-24-10-8-7-9-11-24)22-29(27)31(35)26-13-15-28(39-5)16-14-26/h7-18,27,29H,6,19-22H2,1-5H3/t27-,29-/m0/s1. The van der Waals surface area contributed by atoms with Gasteiger partial charge in [-0.3, -0.25) is 9.69 Å². The molecule has 0 aromatic heterocycles. The molecule has 206 valence electrons. The fourth-order valence-electron chi connectivity index (χ4n) is 5.28. The molecule has 3 aromatic carbocycles. The van der Waals surface area contributed by atoms with Crippen LogP contribution in [0.2, 0.25) is 0 Å². The molecule has 4 rings (SSSR count). The SMILES string of the molecule is CCOC(=O)C(C)(C)Oc1ccc(C[C@H]2CN(Cc3ccccc3)C[C@@H]2C(=O)c2ccc(SC)cc2)cc1C. The monoisotopic (exact) mass is 545 g/mol. The third-order valence-corrected chi connectivity index (χ3v) is 8.09. The molecule has 5 nitrogen and oxygen atoms in total. The molecular formula is C33H39NO4S. The molecule has 1 fully saturated rings. The van der Waals surface area contributed by atoms with Gasteiger partial charge in [-0.25, -0.2) is 4.79 Å². The summed E-state index contributed by atoms with van der Waals surface area (Å²) in [4.78, 5) is 29.6. The fourth-order valence-corrected chi connectivity index (χ4v) is 5.69. The number of benzene rings is 3. The molecule has 0 amide bonds. The van der Waals surface area contributed by atoms with E-state index >= 15 is 0 Å². The summed E-state index contributed by atoms with van der Waals surface area (Å²) in [7, 11) is 0. The predicted molar refractivity (Wildman–Crippen MR) is 157 cm³/mol. The van der Waals surface area contributed by atoms with Gasteiger partial charge in [0.05, 0.1) is 6.61 Å². The number of likely N-dealkylation sites (tertiary alicyclic amines) is 1. The van der Waals surface area contributed by atoms with Crippen LogP contribution in [-0.4, -0.2) is 48.2 Å². The first-order chi connectivity index (χ1) is 18.7. The number of hydrogen-bond acceptors (Lipinski definition) is 6. The second-order valence-electron chi connectivity index (χ2n) is 10.8. The second kappa shape index (κ2) is 12.8. The second-order valence-corrected chi connectivity index (χ2v) is 11.7. The Morgan fingerprint density at radius 2 is 1.69 bits per heavy atom. The molecule has 3 aromatic rings. The molecule has 0 saturated carbocycles. The number of nitrogens with zero attached hydrogens (tertiary/aromatic N) is 1. The highest BCUT2D eigenvalue weighted by Crippen LogP contribution is 2.33. The summed E-state index contributed by atoms with van der Waals surface area (Å²) in [5.41, 5.74) is 3.09. The zero-order chi connectivity index (χ0) is 28.0. The van der Waals surface area contributed by atoms with Crippen LogP contribution in [0.25, 0.3) is 0 Å². The minimum atomic E-state index is -1.07. The van der Waals surface area contributed by atoms with Crippen molar-refractivity contribution in [1.29, 1.82) is 0 Å². The Balaban J connectivity index is 1.52. The lowest BCUT2D eigenvalue weighted by Crippen LogP contribution is -2.39. The van der Waals surface area contributed by atoms with E-state index in [0.29, 0.717) is 12.4 Å². The van der Waals surface area contributed by atoms with E-state index in [9.17, 15) is 9.59 Å². The van der Waals surface area contributed by atoms with E-state index in [2.05, 4.69) is 41.3 Å². The van der Waals surface area contributed by atoms with Crippen molar-refractivity contribution in [2.24, 2.45) is 11.8 Å². The molecule has 0 spiro atoms. The van der Waals surface area contributed by atoms with Crippen LogP contribution in [0.3, 0.4) is 0 Å². The molecule has 2 atom stereocenters. The molecule has 1 heterocycles. The highest BCUT2D eigenvalue weighted by molar-refractivity contribution is 7.98. The van der Waals surface area contributed by atoms with Crippen molar-refractivity contribution in [3.63, 3.8) is 0 Å². The van der Waals surface area contributed by atoms with Gasteiger partial charge >= 0.3 is 5.97 Å². The first-order valence-corrected chi connectivity index (χ1v) is 14.8. The van der Waals surface area contributed by atoms with Crippen LogP contribution >= 0.6 is 11.8 Å². The van der Waals surface area contributed by atoms with Gasteiger partial charge in [0.1, 0.15) is 5.75 Å². The van der Waals surface area contributed by atoms with Crippen LogP contribution < -0.4 is 4.74 Å². The van der Waals surface area contributed by atoms with Crippen LogP contribution in [0.1, 0.15) is 47.8 Å². The average molecular weight is 546 g/mol. The molecular weight excluding hydrogens is 506 g/mol. The van der Waals surface area contributed by atoms with Crippen LogP contribution in [0, 0.1) is 18.8 Å². The Kier molecular flexibility index (Phi) is 9.52. The topological polar surface area (TPSA) is 55.8 Å². The van der Waals surface area contributed by atoms with E-state index in [0.717, 1.165) is 47.6 Å². The van der Waals surface area contributed by atoms with E-state index in [4.69, 9.17) is 9.47 Å². The number of esters is 1. The highest BCUT2D eigenvalue weighted by Gasteiger charge is 2.38. The molecule has 1 saturated heterocycles. The van der Waals surface area contributed by atoms with Crippen molar-refractivity contribution in [3.05, 3.63) is 95.1 Å². The number of carbonyl (C=O) groups is 2. The summed E-state index contributed by atoms with van der Waals surface area (Å²) in [6.45, 7) is 9.98. The van der Waals surface area contributed by atoms with E-state index in [1.807, 2.05) is 49.6 Å². The molecule has 0 aliphatic carbocycles. The Morgan fingerprint density at radius 1 is 0.974 bits per heavy atom. The predicted octanol–water partition coefficient (Wildman–Crippen LogP) is 6.61. The fraction of sp³-hybridized carbons (Fsp3) is 0.394. The third kappa shape index (κ3) is 7.31. The van der Waals surface area contributed by atoms with Gasteiger partial charge in [-0.15, -0.1) is 11.8 Å². The Labute approximate surface area is 236 Å². The number of carbonyl (C=O) groups excluding carboxylic acids is 2. The van der Waals surface area contributed by atoms with Gasteiger partial charge in [0.15, 0.2) is 11.4 Å². The van der Waals surface area contributed by atoms with Crippen LogP contribution in [-0.2, 0) is 22.5 Å². The maximum atomic E-state index is 13.7. The van der Waals surface area contributed by atoms with Gasteiger partial charge in [0.2, 0.25) is 0 Å². The normalized spacial score (nSPS) is 17.7. The molecule has 39 heavy (non-hydrogen) atoms. The smallest absolute Gasteiger partial charge is 0.349 e. The van der Waals surface area contributed by atoms with E-state index < -0.39 is 5.60 Å². The van der Waals surface area contributed by atoms with Gasteiger partial charge in [-0.05, 0) is 81.2 Å². The van der Waals surface area contributed by atoms with E-state index in [1.54, 1.807) is 32.5 Å². The van der Waals surface area contributed by atoms with Crippen LogP contribution in [0.15, 0.2) is 77.7 Å². The first kappa shape index (κ1) is 28.9. The molecule has 0 radical (unpaired) electrons. The molecule has 0 N–H and O–H groups in total. The minimum Gasteiger partial charge on any atom is -0.476 e. The van der Waals surface area contributed by atoms with Gasteiger partial charge in [0, 0.05) is 36.0 Å². The number of aryl methyl sites for hydroxylation is 1. The zero-order valence-corrected chi connectivity index (χ0v) is 24.4. The molecule has 0 bridgehead atoms. The number of thioether (sulfide) groups is 1. The van der Waals surface area contributed by atoms with Crippen LogP contribution in [0.4, 0.5) is 0 Å². The maximum absolute atomic E-state index is 13.7. The summed E-state index contributed by atoms with van der Waals surface area (Å²) in [5.74, 6) is 0.618. The van der Waals surface area contributed by atoms with Crippen molar-refractivity contribution in [2.75, 3.05) is 26.0 Å². The van der Waals surface area contributed by atoms with Gasteiger partial charge < -0.3 is 9.47 Å². The minimum absolute atomic E-state index is 0.0761. The summed E-state index contributed by atoms with van der Waals surface area (Å²) in [5, 5.41) is 0. The number of rotatable bonds is 11. The molecule has 1 aliphatic heterocycles. The number of Topliss-reactive ketones (excluding diaryl/α,β-unsaturated/α-hetero) is 1. The lowest BCUT2D eigenvalue weighted by atomic mass is 9.84. The molecule has 0 unspecified atom stereocenters. The average Bonchev–Trinajstić information content (AvgIpc) is 3.32. The van der Waals surface area contributed by atoms with E-state index in [1.165, 1.54) is 5.56 Å². The quantitative estimate of drug-likeness (QED) is 0.154. The number of ether oxygens (including phenoxy) is 2. The van der Waals surface area contributed by atoms with Gasteiger partial charge in [0.25, 0.3) is 0 Å². The Hall–Kier alpha value is -3.09. The Bertz CT molecular complexity index is 1270. The Morgan fingerprint density at radius 3 is 2.33 bits per heavy atom. The number of hydrogen-bond donors (Lipinski definition) is 0. The van der Waals surface area contributed by atoms with Crippen molar-refractivity contribution in [1.82, 2.24) is 4.90 Å². The van der Waals surface area contributed by atoms with E-state index in [-0.39, 0.29) is 23.6 Å². The van der Waals surface area contributed by atoms with Crippen molar-refractivity contribution < 1.29 is 19.1 Å².